The van der Waals surface area contributed by atoms with E-state index in [1.54, 1.807) is 29.5 Å². The maximum Gasteiger partial charge on any atom is 0.170 e. The van der Waals surface area contributed by atoms with Gasteiger partial charge in [-0.1, -0.05) is 6.92 Å². The summed E-state index contributed by atoms with van der Waals surface area (Å²) in [6.45, 7) is 2.00. The number of carbonyl (C=O) groups is 1. The number of aromatic nitrogens is 2. The molecule has 16 heavy (non-hydrogen) atoms. The highest BCUT2D eigenvalue weighted by atomic mass is 16.3. The minimum atomic E-state index is 0.0892. The van der Waals surface area contributed by atoms with E-state index >= 15 is 0 Å². The second kappa shape index (κ2) is 4.35. The molecular formula is C12H14N2O2. The molecule has 84 valence electrons. The van der Waals surface area contributed by atoms with E-state index in [-0.39, 0.29) is 5.78 Å². The lowest BCUT2D eigenvalue weighted by molar-refractivity contribution is 0.0992. The van der Waals surface area contributed by atoms with Crippen molar-refractivity contribution in [3.05, 3.63) is 41.6 Å². The number of ketones is 1. The monoisotopic (exact) mass is 218 g/mol. The Hall–Kier alpha value is -1.84. The van der Waals surface area contributed by atoms with Crippen molar-refractivity contribution in [1.29, 1.82) is 0 Å². The third kappa shape index (κ3) is 2.05. The molecule has 0 amide bonds. The van der Waals surface area contributed by atoms with Crippen molar-refractivity contribution in [3.8, 4) is 0 Å². The average molecular weight is 218 g/mol. The highest BCUT2D eigenvalue weighted by Gasteiger charge is 2.14. The van der Waals surface area contributed by atoms with Gasteiger partial charge in [0.1, 0.15) is 0 Å². The van der Waals surface area contributed by atoms with Crippen molar-refractivity contribution >= 4 is 5.78 Å². The van der Waals surface area contributed by atoms with Gasteiger partial charge in [-0.25, -0.2) is 0 Å². The molecule has 0 aliphatic heterocycles. The van der Waals surface area contributed by atoms with Gasteiger partial charge in [0, 0.05) is 19.7 Å². The van der Waals surface area contributed by atoms with E-state index < -0.39 is 0 Å². The third-order valence-electron chi connectivity index (χ3n) is 2.49. The maximum absolute atomic E-state index is 12.0. The smallest absolute Gasteiger partial charge is 0.170 e. The number of nitrogens with zero attached hydrogens (tertiary/aromatic N) is 2. The van der Waals surface area contributed by atoms with E-state index in [1.165, 1.54) is 0 Å². The summed E-state index contributed by atoms with van der Waals surface area (Å²) >= 11 is 0. The molecule has 2 rings (SSSR count). The summed E-state index contributed by atoms with van der Waals surface area (Å²) in [7, 11) is 1.83. The fourth-order valence-corrected chi connectivity index (χ4v) is 1.70. The minimum Gasteiger partial charge on any atom is -0.472 e. The zero-order chi connectivity index (χ0) is 11.5. The first-order valence-electron chi connectivity index (χ1n) is 5.27. The molecular weight excluding hydrogens is 204 g/mol. The van der Waals surface area contributed by atoms with Crippen molar-refractivity contribution in [1.82, 2.24) is 9.78 Å². The molecule has 0 saturated heterocycles. The summed E-state index contributed by atoms with van der Waals surface area (Å²) in [4.78, 5) is 12.0. The Morgan fingerprint density at radius 2 is 2.38 bits per heavy atom. The maximum atomic E-state index is 12.0. The number of Topliss-reactive ketones (excluding diaryl/α,β-unsaturated/α-hetero) is 1. The molecule has 0 aliphatic rings. The number of furan rings is 1. The number of aryl methyl sites for hydroxylation is 2. The van der Waals surface area contributed by atoms with Crippen molar-refractivity contribution in [3.63, 3.8) is 0 Å². The Morgan fingerprint density at radius 3 is 3.00 bits per heavy atom. The molecule has 0 unspecified atom stereocenters. The molecule has 4 heteroatoms. The zero-order valence-electron chi connectivity index (χ0n) is 9.43. The summed E-state index contributed by atoms with van der Waals surface area (Å²) in [5.41, 5.74) is 2.47. The summed E-state index contributed by atoms with van der Waals surface area (Å²) < 4.78 is 6.62. The fourth-order valence-electron chi connectivity index (χ4n) is 1.70. The molecule has 2 aromatic rings. The summed E-state index contributed by atoms with van der Waals surface area (Å²) in [5, 5.41) is 4.25. The van der Waals surface area contributed by atoms with Crippen LogP contribution in [0.3, 0.4) is 0 Å². The first-order valence-corrected chi connectivity index (χ1v) is 5.27. The van der Waals surface area contributed by atoms with E-state index in [1.807, 2.05) is 14.0 Å². The van der Waals surface area contributed by atoms with E-state index in [9.17, 15) is 4.79 Å². The zero-order valence-corrected chi connectivity index (χ0v) is 9.43. The van der Waals surface area contributed by atoms with E-state index in [0.717, 1.165) is 17.7 Å². The van der Waals surface area contributed by atoms with E-state index in [4.69, 9.17) is 4.42 Å². The molecule has 0 N–H and O–H groups in total. The van der Waals surface area contributed by atoms with Crippen molar-refractivity contribution in [2.45, 2.75) is 19.8 Å². The minimum absolute atomic E-state index is 0.0892. The lowest BCUT2D eigenvalue weighted by Crippen LogP contribution is -2.04. The van der Waals surface area contributed by atoms with Crippen LogP contribution in [-0.4, -0.2) is 15.6 Å². The molecule has 0 bridgehead atoms. The van der Waals surface area contributed by atoms with Gasteiger partial charge in [-0.3, -0.25) is 9.48 Å². The van der Waals surface area contributed by atoms with Gasteiger partial charge < -0.3 is 4.42 Å². The molecule has 0 aromatic carbocycles. The first kappa shape index (κ1) is 10.7. The van der Waals surface area contributed by atoms with Crippen LogP contribution in [-0.2, 0) is 19.9 Å². The molecule has 0 aliphatic carbocycles. The quantitative estimate of drug-likeness (QED) is 0.737. The Balaban J connectivity index is 2.20. The first-order chi connectivity index (χ1) is 7.70. The van der Waals surface area contributed by atoms with Gasteiger partial charge in [0.05, 0.1) is 23.8 Å². The molecule has 0 radical (unpaired) electrons. The van der Waals surface area contributed by atoms with Crippen LogP contribution in [0.4, 0.5) is 0 Å². The van der Waals surface area contributed by atoms with Crippen LogP contribution in [0.1, 0.15) is 28.5 Å². The number of hydrogen-bond acceptors (Lipinski definition) is 3. The van der Waals surface area contributed by atoms with E-state index in [2.05, 4.69) is 5.10 Å². The predicted molar refractivity (Wildman–Crippen MR) is 59.3 cm³/mol. The van der Waals surface area contributed by atoms with Crippen LogP contribution in [0.5, 0.6) is 0 Å². The second-order valence-electron chi connectivity index (χ2n) is 3.75. The van der Waals surface area contributed by atoms with Gasteiger partial charge in [-0.2, -0.15) is 5.10 Å². The normalized spacial score (nSPS) is 10.6. The van der Waals surface area contributed by atoms with Crippen LogP contribution >= 0.6 is 0 Å². The highest BCUT2D eigenvalue weighted by Crippen LogP contribution is 2.12. The topological polar surface area (TPSA) is 48.0 Å². The third-order valence-corrected chi connectivity index (χ3v) is 2.49. The highest BCUT2D eigenvalue weighted by molar-refractivity contribution is 5.98. The molecule has 0 spiro atoms. The molecule has 0 fully saturated rings. The summed E-state index contributed by atoms with van der Waals surface area (Å²) in [6, 6.07) is 1.81. The molecule has 4 nitrogen and oxygen atoms in total. The van der Waals surface area contributed by atoms with Crippen molar-refractivity contribution < 1.29 is 9.21 Å². The summed E-state index contributed by atoms with van der Waals surface area (Å²) in [5.74, 6) is 0.0892. The van der Waals surface area contributed by atoms with Crippen LogP contribution in [0.2, 0.25) is 0 Å². The summed E-state index contributed by atoms with van der Waals surface area (Å²) in [6.07, 6.45) is 6.09. The second-order valence-corrected chi connectivity index (χ2v) is 3.75. The van der Waals surface area contributed by atoms with Gasteiger partial charge in [-0.05, 0) is 18.1 Å². The predicted octanol–water partition coefficient (Wildman–Crippen LogP) is 2.00. The van der Waals surface area contributed by atoms with Crippen LogP contribution < -0.4 is 0 Å². The van der Waals surface area contributed by atoms with Gasteiger partial charge in [-0.15, -0.1) is 0 Å². The molecule has 0 atom stereocenters. The standard InChI is InChI=1S/C12H14N2O2/c1-3-11-10(7-14(2)13-11)12(15)6-9-4-5-16-8-9/h4-5,7-8H,3,6H2,1-2H3. The average Bonchev–Trinajstić information content (AvgIpc) is 2.86. The van der Waals surface area contributed by atoms with Gasteiger partial charge in [0.25, 0.3) is 0 Å². The van der Waals surface area contributed by atoms with Crippen molar-refractivity contribution in [2.24, 2.45) is 7.05 Å². The molecule has 2 aromatic heterocycles. The largest absolute Gasteiger partial charge is 0.472 e. The van der Waals surface area contributed by atoms with Gasteiger partial charge >= 0.3 is 0 Å². The Morgan fingerprint density at radius 1 is 1.56 bits per heavy atom. The van der Waals surface area contributed by atoms with Crippen LogP contribution in [0.15, 0.2) is 29.2 Å². The fraction of sp³-hybridized carbons (Fsp3) is 0.333. The lowest BCUT2D eigenvalue weighted by atomic mass is 10.0. The Kier molecular flexibility index (Phi) is 2.90. The number of hydrogen-bond donors (Lipinski definition) is 0. The number of rotatable bonds is 4. The van der Waals surface area contributed by atoms with Crippen LogP contribution in [0, 0.1) is 0 Å². The van der Waals surface area contributed by atoms with Crippen LogP contribution in [0.25, 0.3) is 0 Å². The SMILES string of the molecule is CCc1nn(C)cc1C(=O)Cc1ccoc1. The molecule has 2 heterocycles. The number of carbonyl (C=O) groups excluding carboxylic acids is 1. The van der Waals surface area contributed by atoms with Gasteiger partial charge in [0.15, 0.2) is 5.78 Å². The van der Waals surface area contributed by atoms with E-state index in [0.29, 0.717) is 12.0 Å². The molecule has 0 saturated carbocycles. The van der Waals surface area contributed by atoms with Crippen molar-refractivity contribution in [2.75, 3.05) is 0 Å². The Labute approximate surface area is 93.9 Å². The lowest BCUT2D eigenvalue weighted by Gasteiger charge is -1.97. The Bertz CT molecular complexity index is 483. The van der Waals surface area contributed by atoms with Gasteiger partial charge in [0.2, 0.25) is 0 Å².